The van der Waals surface area contributed by atoms with Crippen LogP contribution in [-0.4, -0.2) is 42.7 Å². The molecule has 0 aliphatic heterocycles. The van der Waals surface area contributed by atoms with Crippen molar-refractivity contribution < 1.29 is 19.4 Å². The third-order valence-electron chi connectivity index (χ3n) is 3.97. The Morgan fingerprint density at radius 1 is 1.25 bits per heavy atom. The highest BCUT2D eigenvalue weighted by molar-refractivity contribution is 5.96. The summed E-state index contributed by atoms with van der Waals surface area (Å²) >= 11 is 0. The molecular weight excluding hydrogens is 308 g/mol. The predicted molar refractivity (Wildman–Crippen MR) is 90.9 cm³/mol. The first-order chi connectivity index (χ1) is 11.6. The number of carbonyl (C=O) groups is 2. The van der Waals surface area contributed by atoms with E-state index in [2.05, 4.69) is 17.6 Å². The summed E-state index contributed by atoms with van der Waals surface area (Å²) in [5.41, 5.74) is 0.476. The van der Waals surface area contributed by atoms with Crippen LogP contribution in [0.15, 0.2) is 24.3 Å². The Morgan fingerprint density at radius 3 is 2.58 bits per heavy atom. The summed E-state index contributed by atoms with van der Waals surface area (Å²) in [6.45, 7) is 2.89. The molecular formula is C18H26N2O4. The molecule has 1 aromatic carbocycles. The van der Waals surface area contributed by atoms with Crippen LogP contribution in [0.1, 0.15) is 43.0 Å². The summed E-state index contributed by atoms with van der Waals surface area (Å²) in [6, 6.07) is 6.84. The fourth-order valence-electron chi connectivity index (χ4n) is 2.23. The Balaban J connectivity index is 1.68. The standard InChI is InChI=1S/C18H26N2O4/c1-2-3-10-24-15-8-6-14(7-9-15)18(23)20-12-17(22)19-11-16(21)13-4-5-13/h6-9,13,16,21H,2-5,10-12H2,1H3,(H,19,22)(H,20,23)/t16-/m0/s1. The first-order valence-electron chi connectivity index (χ1n) is 8.56. The van der Waals surface area contributed by atoms with Gasteiger partial charge in [-0.05, 0) is 49.4 Å². The van der Waals surface area contributed by atoms with Crippen molar-refractivity contribution in [1.29, 1.82) is 0 Å². The summed E-state index contributed by atoms with van der Waals surface area (Å²) in [5, 5.41) is 14.9. The van der Waals surface area contributed by atoms with Crippen LogP contribution in [0.4, 0.5) is 0 Å². The van der Waals surface area contributed by atoms with Gasteiger partial charge in [-0.3, -0.25) is 9.59 Å². The fourth-order valence-corrected chi connectivity index (χ4v) is 2.23. The minimum atomic E-state index is -0.482. The summed E-state index contributed by atoms with van der Waals surface area (Å²) in [7, 11) is 0. The summed E-state index contributed by atoms with van der Waals surface area (Å²) in [6.07, 6.45) is 3.62. The van der Waals surface area contributed by atoms with Crippen molar-refractivity contribution in [1.82, 2.24) is 10.6 Å². The third kappa shape index (κ3) is 6.20. The van der Waals surface area contributed by atoms with Gasteiger partial charge in [0.05, 0.1) is 19.3 Å². The first-order valence-corrected chi connectivity index (χ1v) is 8.56. The maximum atomic E-state index is 12.0. The van der Waals surface area contributed by atoms with Gasteiger partial charge < -0.3 is 20.5 Å². The van der Waals surface area contributed by atoms with E-state index in [1.807, 2.05) is 0 Å². The Labute approximate surface area is 142 Å². The number of benzene rings is 1. The van der Waals surface area contributed by atoms with Crippen molar-refractivity contribution in [2.75, 3.05) is 19.7 Å². The smallest absolute Gasteiger partial charge is 0.251 e. The number of rotatable bonds is 10. The Bertz CT molecular complexity index is 540. The van der Waals surface area contributed by atoms with E-state index >= 15 is 0 Å². The van der Waals surface area contributed by atoms with Gasteiger partial charge in [-0.2, -0.15) is 0 Å². The van der Waals surface area contributed by atoms with Crippen LogP contribution < -0.4 is 15.4 Å². The number of unbranched alkanes of at least 4 members (excludes halogenated alkanes) is 1. The minimum absolute atomic E-state index is 0.106. The zero-order valence-electron chi connectivity index (χ0n) is 14.1. The molecule has 1 aliphatic rings. The van der Waals surface area contributed by atoms with Crippen molar-refractivity contribution in [3.63, 3.8) is 0 Å². The summed E-state index contributed by atoms with van der Waals surface area (Å²) in [4.78, 5) is 23.7. The van der Waals surface area contributed by atoms with Crippen LogP contribution in [0.25, 0.3) is 0 Å². The van der Waals surface area contributed by atoms with Crippen LogP contribution in [0.5, 0.6) is 5.75 Å². The fraction of sp³-hybridized carbons (Fsp3) is 0.556. The molecule has 0 unspecified atom stereocenters. The largest absolute Gasteiger partial charge is 0.494 e. The van der Waals surface area contributed by atoms with E-state index in [0.717, 1.165) is 31.4 Å². The van der Waals surface area contributed by atoms with Crippen molar-refractivity contribution in [2.24, 2.45) is 5.92 Å². The van der Waals surface area contributed by atoms with Gasteiger partial charge in [0.25, 0.3) is 5.91 Å². The summed E-state index contributed by atoms with van der Waals surface area (Å²) in [5.74, 6) is 0.431. The lowest BCUT2D eigenvalue weighted by Crippen LogP contribution is -2.40. The van der Waals surface area contributed by atoms with Gasteiger partial charge in [0.1, 0.15) is 5.75 Å². The van der Waals surface area contributed by atoms with Crippen LogP contribution >= 0.6 is 0 Å². The minimum Gasteiger partial charge on any atom is -0.494 e. The average Bonchev–Trinajstić information content (AvgIpc) is 3.43. The van der Waals surface area contributed by atoms with Gasteiger partial charge in [0.15, 0.2) is 0 Å². The van der Waals surface area contributed by atoms with Crippen LogP contribution in [0.2, 0.25) is 0 Å². The molecule has 0 aromatic heterocycles. The van der Waals surface area contributed by atoms with Crippen molar-refractivity contribution in [3.8, 4) is 5.75 Å². The molecule has 2 rings (SSSR count). The first kappa shape index (κ1) is 18.3. The van der Waals surface area contributed by atoms with Crippen molar-refractivity contribution in [3.05, 3.63) is 29.8 Å². The molecule has 1 fully saturated rings. The normalized spacial score (nSPS) is 14.8. The number of aliphatic hydroxyl groups excluding tert-OH is 1. The molecule has 0 heterocycles. The van der Waals surface area contributed by atoms with E-state index in [1.54, 1.807) is 24.3 Å². The van der Waals surface area contributed by atoms with E-state index in [1.165, 1.54) is 0 Å². The Kier molecular flexibility index (Phi) is 7.06. The quantitative estimate of drug-likeness (QED) is 0.566. The molecule has 3 N–H and O–H groups in total. The van der Waals surface area contributed by atoms with Crippen LogP contribution in [0, 0.1) is 5.92 Å². The van der Waals surface area contributed by atoms with Crippen LogP contribution in [-0.2, 0) is 4.79 Å². The van der Waals surface area contributed by atoms with Gasteiger partial charge in [0.2, 0.25) is 5.91 Å². The lowest BCUT2D eigenvalue weighted by Gasteiger charge is -2.11. The SMILES string of the molecule is CCCCOc1ccc(C(=O)NCC(=O)NC[C@H](O)C2CC2)cc1. The number of carbonyl (C=O) groups excluding carboxylic acids is 2. The molecule has 1 aromatic rings. The summed E-state index contributed by atoms with van der Waals surface area (Å²) < 4.78 is 5.54. The number of amides is 2. The van der Waals surface area contributed by atoms with E-state index in [0.29, 0.717) is 18.1 Å². The second-order valence-electron chi connectivity index (χ2n) is 6.12. The molecule has 2 amide bonds. The second kappa shape index (κ2) is 9.27. The number of ether oxygens (including phenoxy) is 1. The topological polar surface area (TPSA) is 87.7 Å². The van der Waals surface area contributed by atoms with Crippen molar-refractivity contribution in [2.45, 2.75) is 38.7 Å². The molecule has 6 heteroatoms. The lowest BCUT2D eigenvalue weighted by atomic mass is 10.2. The van der Waals surface area contributed by atoms with Gasteiger partial charge in [-0.25, -0.2) is 0 Å². The molecule has 132 valence electrons. The monoisotopic (exact) mass is 334 g/mol. The molecule has 0 radical (unpaired) electrons. The van der Waals surface area contributed by atoms with Gasteiger partial charge in [-0.1, -0.05) is 13.3 Å². The second-order valence-corrected chi connectivity index (χ2v) is 6.12. The van der Waals surface area contributed by atoms with E-state index in [9.17, 15) is 14.7 Å². The van der Waals surface area contributed by atoms with Crippen LogP contribution in [0.3, 0.4) is 0 Å². The maximum absolute atomic E-state index is 12.0. The molecule has 0 spiro atoms. The number of hydrogen-bond acceptors (Lipinski definition) is 4. The zero-order chi connectivity index (χ0) is 17.4. The Hall–Kier alpha value is -2.08. The van der Waals surface area contributed by atoms with Gasteiger partial charge in [0, 0.05) is 12.1 Å². The van der Waals surface area contributed by atoms with E-state index < -0.39 is 6.10 Å². The maximum Gasteiger partial charge on any atom is 0.251 e. The predicted octanol–water partition coefficient (Wildman–Crippen LogP) is 1.48. The Morgan fingerprint density at radius 2 is 1.96 bits per heavy atom. The zero-order valence-corrected chi connectivity index (χ0v) is 14.1. The van der Waals surface area contributed by atoms with Gasteiger partial charge in [-0.15, -0.1) is 0 Å². The lowest BCUT2D eigenvalue weighted by molar-refractivity contribution is -0.120. The highest BCUT2D eigenvalue weighted by Gasteiger charge is 2.29. The number of nitrogens with one attached hydrogen (secondary N) is 2. The van der Waals surface area contributed by atoms with Gasteiger partial charge >= 0.3 is 0 Å². The van der Waals surface area contributed by atoms with Crippen molar-refractivity contribution >= 4 is 11.8 Å². The molecule has 24 heavy (non-hydrogen) atoms. The molecule has 1 aliphatic carbocycles. The third-order valence-corrected chi connectivity index (χ3v) is 3.97. The molecule has 0 saturated heterocycles. The van der Waals surface area contributed by atoms with E-state index in [-0.39, 0.29) is 24.9 Å². The number of hydrogen-bond donors (Lipinski definition) is 3. The number of aliphatic hydroxyl groups is 1. The highest BCUT2D eigenvalue weighted by Crippen LogP contribution is 2.32. The highest BCUT2D eigenvalue weighted by atomic mass is 16.5. The van der Waals surface area contributed by atoms with E-state index in [4.69, 9.17) is 4.74 Å². The molecule has 0 bridgehead atoms. The molecule has 1 saturated carbocycles. The average molecular weight is 334 g/mol. The molecule has 6 nitrogen and oxygen atoms in total. The molecule has 1 atom stereocenters.